The van der Waals surface area contributed by atoms with Crippen molar-refractivity contribution in [3.63, 3.8) is 0 Å². The van der Waals surface area contributed by atoms with Gasteiger partial charge in [-0.3, -0.25) is 9.59 Å². The predicted molar refractivity (Wildman–Crippen MR) is 105 cm³/mol. The molecular formula is C20H28N2O5. The summed E-state index contributed by atoms with van der Waals surface area (Å²) in [6.45, 7) is 8.86. The molecule has 2 aromatic rings. The lowest BCUT2D eigenvalue weighted by Crippen LogP contribution is -2.43. The number of benzene rings is 1. The summed E-state index contributed by atoms with van der Waals surface area (Å²) >= 11 is 0. The molecule has 0 aliphatic heterocycles. The monoisotopic (exact) mass is 376 g/mol. The number of ether oxygens (including phenoxy) is 3. The molecule has 0 saturated carbocycles. The molecule has 148 valence electrons. The molecule has 7 heteroatoms. The van der Waals surface area contributed by atoms with Gasteiger partial charge < -0.3 is 24.1 Å². The fourth-order valence-corrected chi connectivity index (χ4v) is 2.75. The zero-order chi connectivity index (χ0) is 20.2. The Bertz CT molecular complexity index is 881. The van der Waals surface area contributed by atoms with Crippen molar-refractivity contribution in [2.45, 2.75) is 33.2 Å². The van der Waals surface area contributed by atoms with Gasteiger partial charge >= 0.3 is 0 Å². The number of hydrogen-bond acceptors (Lipinski definition) is 5. The predicted octanol–water partition coefficient (Wildman–Crippen LogP) is 2.49. The number of nitrogens with zero attached hydrogens (tertiary/aromatic N) is 1. The maximum Gasteiger partial charge on any atom is 0.263 e. The van der Waals surface area contributed by atoms with Crippen LogP contribution in [-0.4, -0.2) is 42.9 Å². The SMILES string of the molecule is CCOCCOc1c(OC)ccc2cc(C(=O)NC(C)(C)C)c(=O)n(C)c12. The smallest absolute Gasteiger partial charge is 0.263 e. The van der Waals surface area contributed by atoms with Crippen molar-refractivity contribution < 1.29 is 19.0 Å². The van der Waals surface area contributed by atoms with Crippen LogP contribution in [0.3, 0.4) is 0 Å². The second-order valence-electron chi connectivity index (χ2n) is 7.21. The largest absolute Gasteiger partial charge is 0.493 e. The molecular weight excluding hydrogens is 348 g/mol. The van der Waals surface area contributed by atoms with Gasteiger partial charge in [-0.25, -0.2) is 0 Å². The van der Waals surface area contributed by atoms with E-state index in [1.807, 2.05) is 27.7 Å². The van der Waals surface area contributed by atoms with Crippen LogP contribution in [0, 0.1) is 0 Å². The maximum absolute atomic E-state index is 12.8. The summed E-state index contributed by atoms with van der Waals surface area (Å²) < 4.78 is 18.0. The van der Waals surface area contributed by atoms with Crippen LogP contribution in [0.25, 0.3) is 10.9 Å². The molecule has 1 N–H and O–H groups in total. The van der Waals surface area contributed by atoms with E-state index in [2.05, 4.69) is 5.32 Å². The number of hydrogen-bond donors (Lipinski definition) is 1. The average molecular weight is 376 g/mol. The van der Waals surface area contributed by atoms with Crippen molar-refractivity contribution in [2.24, 2.45) is 7.05 Å². The van der Waals surface area contributed by atoms with Crippen LogP contribution >= 0.6 is 0 Å². The van der Waals surface area contributed by atoms with Crippen molar-refractivity contribution in [3.8, 4) is 11.5 Å². The summed E-state index contributed by atoms with van der Waals surface area (Å²) in [6, 6.07) is 5.15. The lowest BCUT2D eigenvalue weighted by Gasteiger charge is -2.21. The maximum atomic E-state index is 12.8. The Hall–Kier alpha value is -2.54. The van der Waals surface area contributed by atoms with Crippen LogP contribution in [0.5, 0.6) is 11.5 Å². The Kier molecular flexibility index (Phi) is 6.49. The molecule has 1 amide bonds. The van der Waals surface area contributed by atoms with Gasteiger partial charge in [-0.2, -0.15) is 0 Å². The first-order chi connectivity index (χ1) is 12.7. The van der Waals surface area contributed by atoms with Gasteiger partial charge in [0.2, 0.25) is 0 Å². The van der Waals surface area contributed by atoms with Crippen molar-refractivity contribution in [3.05, 3.63) is 34.1 Å². The molecule has 0 atom stereocenters. The van der Waals surface area contributed by atoms with Gasteiger partial charge in [0.25, 0.3) is 11.5 Å². The van der Waals surface area contributed by atoms with Crippen molar-refractivity contribution in [1.82, 2.24) is 9.88 Å². The number of nitrogens with one attached hydrogen (secondary N) is 1. The molecule has 0 fully saturated rings. The summed E-state index contributed by atoms with van der Waals surface area (Å²) in [4.78, 5) is 25.4. The standard InChI is InChI=1S/C20H28N2O5/c1-7-26-10-11-27-17-15(25-6)9-8-13-12-14(18(23)21-20(2,3)4)19(24)22(5)16(13)17/h8-9,12H,7,10-11H2,1-6H3,(H,21,23). The van der Waals surface area contributed by atoms with Gasteiger partial charge in [0.15, 0.2) is 11.5 Å². The molecule has 1 aromatic carbocycles. The van der Waals surface area contributed by atoms with E-state index in [1.54, 1.807) is 32.4 Å². The number of amides is 1. The zero-order valence-electron chi connectivity index (χ0n) is 16.8. The normalized spacial score (nSPS) is 11.5. The summed E-state index contributed by atoms with van der Waals surface area (Å²) in [5, 5.41) is 3.54. The van der Waals surface area contributed by atoms with E-state index in [0.717, 1.165) is 0 Å². The van der Waals surface area contributed by atoms with Crippen LogP contribution in [0.2, 0.25) is 0 Å². The Morgan fingerprint density at radius 3 is 2.52 bits per heavy atom. The molecule has 7 nitrogen and oxygen atoms in total. The minimum absolute atomic E-state index is 0.0883. The number of fused-ring (bicyclic) bond motifs is 1. The van der Waals surface area contributed by atoms with Crippen LogP contribution in [0.4, 0.5) is 0 Å². The molecule has 0 bridgehead atoms. The summed E-state index contributed by atoms with van der Waals surface area (Å²) in [5.41, 5.74) is -0.175. The Morgan fingerprint density at radius 1 is 1.22 bits per heavy atom. The molecule has 1 aromatic heterocycles. The highest BCUT2D eigenvalue weighted by Crippen LogP contribution is 2.35. The number of carbonyl (C=O) groups is 1. The topological polar surface area (TPSA) is 78.8 Å². The van der Waals surface area contributed by atoms with E-state index in [4.69, 9.17) is 14.2 Å². The first kappa shape index (κ1) is 20.8. The van der Waals surface area contributed by atoms with Crippen molar-refractivity contribution >= 4 is 16.8 Å². The highest BCUT2D eigenvalue weighted by molar-refractivity contribution is 5.99. The average Bonchev–Trinajstić information content (AvgIpc) is 2.59. The third kappa shape index (κ3) is 4.80. The highest BCUT2D eigenvalue weighted by Gasteiger charge is 2.22. The summed E-state index contributed by atoms with van der Waals surface area (Å²) in [5.74, 6) is 0.567. The molecule has 0 radical (unpaired) electrons. The molecule has 0 aliphatic carbocycles. The van der Waals surface area contributed by atoms with Gasteiger partial charge in [-0.05, 0) is 45.9 Å². The van der Waals surface area contributed by atoms with E-state index in [0.29, 0.717) is 42.2 Å². The van der Waals surface area contributed by atoms with E-state index < -0.39 is 17.0 Å². The lowest BCUT2D eigenvalue weighted by molar-refractivity contribution is 0.0917. The minimum atomic E-state index is -0.440. The van der Waals surface area contributed by atoms with Crippen LogP contribution in [0.15, 0.2) is 23.0 Å². The number of rotatable bonds is 7. The lowest BCUT2D eigenvalue weighted by atomic mass is 10.1. The third-order valence-electron chi connectivity index (χ3n) is 3.93. The van der Waals surface area contributed by atoms with E-state index >= 15 is 0 Å². The van der Waals surface area contributed by atoms with E-state index in [-0.39, 0.29) is 5.56 Å². The first-order valence-corrected chi connectivity index (χ1v) is 8.93. The van der Waals surface area contributed by atoms with Crippen molar-refractivity contribution in [1.29, 1.82) is 0 Å². The number of pyridine rings is 1. The second-order valence-corrected chi connectivity index (χ2v) is 7.21. The molecule has 0 saturated heterocycles. The Labute approximate surface area is 159 Å². The number of methoxy groups -OCH3 is 1. The van der Waals surface area contributed by atoms with Crippen molar-refractivity contribution in [2.75, 3.05) is 26.9 Å². The van der Waals surface area contributed by atoms with Crippen LogP contribution in [-0.2, 0) is 11.8 Å². The zero-order valence-corrected chi connectivity index (χ0v) is 16.8. The number of aromatic nitrogens is 1. The van der Waals surface area contributed by atoms with Gasteiger partial charge in [0, 0.05) is 24.6 Å². The number of aryl methyl sites for hydroxylation is 1. The molecule has 2 rings (SSSR count). The minimum Gasteiger partial charge on any atom is -0.493 e. The molecule has 1 heterocycles. The van der Waals surface area contributed by atoms with E-state index in [9.17, 15) is 9.59 Å². The second kappa shape index (κ2) is 8.43. The van der Waals surface area contributed by atoms with Gasteiger partial charge in [-0.15, -0.1) is 0 Å². The first-order valence-electron chi connectivity index (χ1n) is 8.93. The molecule has 27 heavy (non-hydrogen) atoms. The Morgan fingerprint density at radius 2 is 1.93 bits per heavy atom. The quantitative estimate of drug-likeness (QED) is 0.751. The molecule has 0 aliphatic rings. The summed E-state index contributed by atoms with van der Waals surface area (Å²) in [6.07, 6.45) is 0. The highest BCUT2D eigenvalue weighted by atomic mass is 16.5. The van der Waals surface area contributed by atoms with Gasteiger partial charge in [0.05, 0.1) is 19.2 Å². The number of carbonyl (C=O) groups excluding carboxylic acids is 1. The third-order valence-corrected chi connectivity index (χ3v) is 3.93. The van der Waals surface area contributed by atoms with Gasteiger partial charge in [-0.1, -0.05) is 0 Å². The van der Waals surface area contributed by atoms with Crippen LogP contribution in [0.1, 0.15) is 38.1 Å². The fraction of sp³-hybridized carbons (Fsp3) is 0.500. The molecule has 0 spiro atoms. The van der Waals surface area contributed by atoms with Gasteiger partial charge in [0.1, 0.15) is 12.2 Å². The van der Waals surface area contributed by atoms with Crippen LogP contribution < -0.4 is 20.3 Å². The Balaban J connectivity index is 2.55. The summed E-state index contributed by atoms with van der Waals surface area (Å²) in [7, 11) is 3.16. The van der Waals surface area contributed by atoms with E-state index in [1.165, 1.54) is 4.57 Å². The molecule has 0 unspecified atom stereocenters. The fourth-order valence-electron chi connectivity index (χ4n) is 2.75.